The highest BCUT2D eigenvalue weighted by Crippen LogP contribution is 2.06. The maximum atomic E-state index is 4.30. The summed E-state index contributed by atoms with van der Waals surface area (Å²) in [5.74, 6) is 0. The molecule has 3 nitrogen and oxygen atoms in total. The monoisotopic (exact) mass is 255 g/mol. The van der Waals surface area contributed by atoms with Crippen molar-refractivity contribution in [1.29, 1.82) is 0 Å². The Morgan fingerprint density at radius 1 is 1.29 bits per heavy atom. The van der Waals surface area contributed by atoms with Crippen LogP contribution in [0.5, 0.6) is 0 Å². The molecule has 4 heteroatoms. The van der Waals surface area contributed by atoms with Gasteiger partial charge in [-0.1, -0.05) is 19.8 Å². The smallest absolute Gasteiger partial charge is 0.0795 e. The van der Waals surface area contributed by atoms with Gasteiger partial charge in [-0.15, -0.1) is 11.3 Å². The molecule has 98 valence electrons. The molecular weight excluding hydrogens is 230 g/mol. The van der Waals surface area contributed by atoms with Crippen molar-refractivity contribution in [3.8, 4) is 0 Å². The Kier molecular flexibility index (Phi) is 8.22. The first-order valence-corrected chi connectivity index (χ1v) is 7.53. The highest BCUT2D eigenvalue weighted by Gasteiger charge is 2.01. The SMILES string of the molecule is CCNCCCCCCN(C)Cc1cscn1. The van der Waals surface area contributed by atoms with Crippen LogP contribution in [0, 0.1) is 0 Å². The van der Waals surface area contributed by atoms with E-state index in [0.717, 1.165) is 13.1 Å². The Hall–Kier alpha value is -0.450. The first kappa shape index (κ1) is 14.6. The molecule has 0 amide bonds. The summed E-state index contributed by atoms with van der Waals surface area (Å²) in [6.07, 6.45) is 5.29. The van der Waals surface area contributed by atoms with Crippen molar-refractivity contribution in [2.75, 3.05) is 26.7 Å². The molecular formula is C13H25N3S. The van der Waals surface area contributed by atoms with E-state index < -0.39 is 0 Å². The molecule has 0 aliphatic carbocycles. The number of aromatic nitrogens is 1. The maximum Gasteiger partial charge on any atom is 0.0795 e. The molecule has 0 bridgehead atoms. The minimum atomic E-state index is 0.987. The summed E-state index contributed by atoms with van der Waals surface area (Å²) in [4.78, 5) is 6.66. The largest absolute Gasteiger partial charge is 0.317 e. The Balaban J connectivity index is 1.92. The number of thiazole rings is 1. The second kappa shape index (κ2) is 9.57. The highest BCUT2D eigenvalue weighted by molar-refractivity contribution is 7.07. The Morgan fingerprint density at radius 3 is 2.82 bits per heavy atom. The van der Waals surface area contributed by atoms with E-state index in [2.05, 4.69) is 34.6 Å². The summed E-state index contributed by atoms with van der Waals surface area (Å²) in [7, 11) is 2.18. The number of rotatable bonds is 10. The molecule has 0 aliphatic rings. The quantitative estimate of drug-likeness (QED) is 0.652. The Labute approximate surface area is 109 Å². The fourth-order valence-corrected chi connectivity index (χ4v) is 2.38. The Bertz CT molecular complexity index is 262. The zero-order chi connectivity index (χ0) is 12.3. The molecule has 0 atom stereocenters. The minimum absolute atomic E-state index is 0.987. The van der Waals surface area contributed by atoms with Crippen LogP contribution in [0.2, 0.25) is 0 Å². The minimum Gasteiger partial charge on any atom is -0.317 e. The van der Waals surface area contributed by atoms with E-state index in [-0.39, 0.29) is 0 Å². The lowest BCUT2D eigenvalue weighted by atomic mass is 10.2. The van der Waals surface area contributed by atoms with Gasteiger partial charge in [0, 0.05) is 11.9 Å². The van der Waals surface area contributed by atoms with Crippen LogP contribution < -0.4 is 5.32 Å². The zero-order valence-electron chi connectivity index (χ0n) is 11.1. The highest BCUT2D eigenvalue weighted by atomic mass is 32.1. The third-order valence-electron chi connectivity index (χ3n) is 2.81. The lowest BCUT2D eigenvalue weighted by Gasteiger charge is -2.14. The molecule has 0 aliphatic heterocycles. The van der Waals surface area contributed by atoms with Crippen LogP contribution in [0.4, 0.5) is 0 Å². The van der Waals surface area contributed by atoms with Gasteiger partial charge < -0.3 is 10.2 Å². The van der Waals surface area contributed by atoms with Gasteiger partial charge in [0.15, 0.2) is 0 Å². The summed E-state index contributed by atoms with van der Waals surface area (Å²) in [6, 6.07) is 0. The van der Waals surface area contributed by atoms with Gasteiger partial charge in [-0.3, -0.25) is 0 Å². The van der Waals surface area contributed by atoms with E-state index in [0.29, 0.717) is 0 Å². The zero-order valence-corrected chi connectivity index (χ0v) is 11.9. The van der Waals surface area contributed by atoms with Gasteiger partial charge in [0.05, 0.1) is 11.2 Å². The van der Waals surface area contributed by atoms with E-state index in [1.165, 1.54) is 44.5 Å². The molecule has 1 N–H and O–H groups in total. The number of hydrogen-bond acceptors (Lipinski definition) is 4. The van der Waals surface area contributed by atoms with Gasteiger partial charge in [-0.05, 0) is 39.5 Å². The lowest BCUT2D eigenvalue weighted by molar-refractivity contribution is 0.313. The molecule has 0 unspecified atom stereocenters. The van der Waals surface area contributed by atoms with Crippen LogP contribution in [0.15, 0.2) is 10.9 Å². The van der Waals surface area contributed by atoms with Crippen molar-refractivity contribution in [3.05, 3.63) is 16.6 Å². The second-order valence-corrected chi connectivity index (χ2v) is 5.20. The fraction of sp³-hybridized carbons (Fsp3) is 0.769. The standard InChI is InChI=1S/C13H25N3S/c1-3-14-8-6-4-5-7-9-16(2)10-13-11-17-12-15-13/h11-12,14H,3-10H2,1-2H3. The molecule has 0 fully saturated rings. The van der Waals surface area contributed by atoms with E-state index in [4.69, 9.17) is 0 Å². The van der Waals surface area contributed by atoms with E-state index in [1.54, 1.807) is 11.3 Å². The van der Waals surface area contributed by atoms with Crippen molar-refractivity contribution in [2.24, 2.45) is 0 Å². The van der Waals surface area contributed by atoms with Crippen LogP contribution in [0.25, 0.3) is 0 Å². The summed E-state index contributed by atoms with van der Waals surface area (Å²) in [5.41, 5.74) is 3.11. The lowest BCUT2D eigenvalue weighted by Crippen LogP contribution is -2.19. The Morgan fingerprint density at radius 2 is 2.12 bits per heavy atom. The van der Waals surface area contributed by atoms with Crippen molar-refractivity contribution in [2.45, 2.75) is 39.2 Å². The second-order valence-electron chi connectivity index (χ2n) is 4.49. The summed E-state index contributed by atoms with van der Waals surface area (Å²) in [5, 5.41) is 5.49. The fourth-order valence-electron chi connectivity index (χ4n) is 1.83. The summed E-state index contributed by atoms with van der Waals surface area (Å²) in [6.45, 7) is 6.59. The van der Waals surface area contributed by atoms with E-state index in [9.17, 15) is 0 Å². The van der Waals surface area contributed by atoms with Gasteiger partial charge in [0.2, 0.25) is 0 Å². The predicted molar refractivity (Wildman–Crippen MR) is 75.5 cm³/mol. The van der Waals surface area contributed by atoms with Crippen LogP contribution in [-0.4, -0.2) is 36.6 Å². The predicted octanol–water partition coefficient (Wildman–Crippen LogP) is 2.74. The van der Waals surface area contributed by atoms with E-state index >= 15 is 0 Å². The average molecular weight is 255 g/mol. The molecule has 1 rings (SSSR count). The topological polar surface area (TPSA) is 28.2 Å². The van der Waals surface area contributed by atoms with Crippen molar-refractivity contribution in [3.63, 3.8) is 0 Å². The first-order chi connectivity index (χ1) is 8.33. The molecule has 0 saturated heterocycles. The van der Waals surface area contributed by atoms with Crippen molar-refractivity contribution in [1.82, 2.24) is 15.2 Å². The molecule has 1 aromatic heterocycles. The van der Waals surface area contributed by atoms with Gasteiger partial charge in [0.1, 0.15) is 0 Å². The molecule has 0 saturated carbocycles. The van der Waals surface area contributed by atoms with Gasteiger partial charge >= 0.3 is 0 Å². The normalized spacial score (nSPS) is 11.2. The average Bonchev–Trinajstić information content (AvgIpc) is 2.80. The van der Waals surface area contributed by atoms with Gasteiger partial charge in [-0.2, -0.15) is 0 Å². The van der Waals surface area contributed by atoms with Crippen molar-refractivity contribution >= 4 is 11.3 Å². The van der Waals surface area contributed by atoms with Gasteiger partial charge in [0.25, 0.3) is 0 Å². The molecule has 1 aromatic rings. The number of nitrogens with one attached hydrogen (secondary N) is 1. The molecule has 1 heterocycles. The number of unbranched alkanes of at least 4 members (excludes halogenated alkanes) is 3. The maximum absolute atomic E-state index is 4.30. The first-order valence-electron chi connectivity index (χ1n) is 6.59. The number of nitrogens with zero attached hydrogens (tertiary/aromatic N) is 2. The molecule has 0 spiro atoms. The summed E-state index contributed by atoms with van der Waals surface area (Å²) >= 11 is 1.68. The van der Waals surface area contributed by atoms with Crippen LogP contribution in [0.3, 0.4) is 0 Å². The molecule has 17 heavy (non-hydrogen) atoms. The van der Waals surface area contributed by atoms with Crippen LogP contribution >= 0.6 is 11.3 Å². The summed E-state index contributed by atoms with van der Waals surface area (Å²) < 4.78 is 0. The van der Waals surface area contributed by atoms with Gasteiger partial charge in [-0.25, -0.2) is 4.98 Å². The third kappa shape index (κ3) is 7.47. The molecule has 0 radical (unpaired) electrons. The van der Waals surface area contributed by atoms with Crippen LogP contribution in [0.1, 0.15) is 38.3 Å². The molecule has 0 aromatic carbocycles. The van der Waals surface area contributed by atoms with Crippen molar-refractivity contribution < 1.29 is 0 Å². The van der Waals surface area contributed by atoms with E-state index in [1.807, 2.05) is 5.51 Å². The number of hydrogen-bond donors (Lipinski definition) is 1. The van der Waals surface area contributed by atoms with Crippen LogP contribution in [-0.2, 0) is 6.54 Å². The third-order valence-corrected chi connectivity index (χ3v) is 3.44.